The number of para-hydroxylation sites is 1. The molecule has 2 aromatic rings. The van der Waals surface area contributed by atoms with Gasteiger partial charge in [-0.2, -0.15) is 0 Å². The second-order valence-corrected chi connectivity index (χ2v) is 7.07. The Labute approximate surface area is 141 Å². The van der Waals surface area contributed by atoms with Crippen LogP contribution in [-0.2, 0) is 12.8 Å². The highest BCUT2D eigenvalue weighted by Gasteiger charge is 2.27. The number of nitrogens with zero attached hydrogens (tertiary/aromatic N) is 1. The third kappa shape index (κ3) is 3.96. The quantitative estimate of drug-likeness (QED) is 0.654. The van der Waals surface area contributed by atoms with E-state index >= 15 is 0 Å². The van der Waals surface area contributed by atoms with Gasteiger partial charge in [0.25, 0.3) is 0 Å². The van der Waals surface area contributed by atoms with Crippen molar-refractivity contribution in [3.63, 3.8) is 0 Å². The lowest BCUT2D eigenvalue weighted by Crippen LogP contribution is -2.39. The Morgan fingerprint density at radius 1 is 0.957 bits per heavy atom. The maximum Gasteiger partial charge on any atom is 0.0370 e. The maximum atomic E-state index is 2.67. The molecule has 1 aliphatic rings. The second-order valence-electron chi connectivity index (χ2n) is 7.07. The van der Waals surface area contributed by atoms with Crippen LogP contribution in [0.5, 0.6) is 0 Å². The summed E-state index contributed by atoms with van der Waals surface area (Å²) in [5.41, 5.74) is 4.47. The van der Waals surface area contributed by atoms with Crippen molar-refractivity contribution in [3.05, 3.63) is 65.7 Å². The summed E-state index contributed by atoms with van der Waals surface area (Å²) in [6, 6.07) is 20.6. The molecule has 0 saturated carbocycles. The summed E-state index contributed by atoms with van der Waals surface area (Å²) >= 11 is 0. The highest BCUT2D eigenvalue weighted by atomic mass is 15.2. The van der Waals surface area contributed by atoms with Crippen LogP contribution in [0.3, 0.4) is 0 Å². The molecule has 1 heteroatoms. The van der Waals surface area contributed by atoms with E-state index in [4.69, 9.17) is 0 Å². The molecular formula is C22H29N. The summed E-state index contributed by atoms with van der Waals surface area (Å²) in [6.45, 7) is 5.87. The first kappa shape index (κ1) is 16.1. The standard InChI is InChI=1S/C22H29N/c1-3-4-10-18(2)17-23(21-13-6-5-7-14-21)22-15-19-11-8-9-12-20(19)16-22/h5-9,11-14,18,22H,3-4,10,15-17H2,1-2H3/t18-/m1/s1. The van der Waals surface area contributed by atoms with Crippen LogP contribution in [0.25, 0.3) is 0 Å². The lowest BCUT2D eigenvalue weighted by molar-refractivity contribution is 0.469. The zero-order valence-corrected chi connectivity index (χ0v) is 14.5. The number of unbranched alkanes of at least 4 members (excludes halogenated alkanes) is 1. The fourth-order valence-electron chi connectivity index (χ4n) is 3.82. The largest absolute Gasteiger partial charge is 0.368 e. The topological polar surface area (TPSA) is 3.24 Å². The van der Waals surface area contributed by atoms with Gasteiger partial charge in [-0.1, -0.05) is 69.2 Å². The highest BCUT2D eigenvalue weighted by molar-refractivity contribution is 5.49. The zero-order valence-electron chi connectivity index (χ0n) is 14.5. The molecule has 1 atom stereocenters. The number of anilines is 1. The summed E-state index contributed by atoms with van der Waals surface area (Å²) in [4.78, 5) is 2.67. The van der Waals surface area contributed by atoms with E-state index < -0.39 is 0 Å². The Hall–Kier alpha value is -1.76. The number of hydrogen-bond donors (Lipinski definition) is 0. The average Bonchev–Trinajstić information content (AvgIpc) is 3.02. The van der Waals surface area contributed by atoms with E-state index in [0.29, 0.717) is 6.04 Å². The lowest BCUT2D eigenvalue weighted by Gasteiger charge is -2.33. The van der Waals surface area contributed by atoms with E-state index in [-0.39, 0.29) is 0 Å². The minimum absolute atomic E-state index is 0.610. The molecular weight excluding hydrogens is 278 g/mol. The zero-order chi connectivity index (χ0) is 16.1. The van der Waals surface area contributed by atoms with Crippen LogP contribution in [-0.4, -0.2) is 12.6 Å². The monoisotopic (exact) mass is 307 g/mol. The van der Waals surface area contributed by atoms with Crippen molar-refractivity contribution in [2.24, 2.45) is 5.92 Å². The van der Waals surface area contributed by atoms with Gasteiger partial charge in [-0.15, -0.1) is 0 Å². The van der Waals surface area contributed by atoms with Crippen molar-refractivity contribution in [1.29, 1.82) is 0 Å². The summed E-state index contributed by atoms with van der Waals surface area (Å²) in [7, 11) is 0. The molecule has 0 heterocycles. The SMILES string of the molecule is CCCC[C@@H](C)CN(c1ccccc1)C1Cc2ccccc2C1. The fourth-order valence-corrected chi connectivity index (χ4v) is 3.82. The minimum atomic E-state index is 0.610. The molecule has 0 fully saturated rings. The number of benzene rings is 2. The van der Waals surface area contributed by atoms with Gasteiger partial charge in [-0.05, 0) is 48.4 Å². The molecule has 0 N–H and O–H groups in total. The molecule has 1 aliphatic carbocycles. The number of rotatable bonds is 7. The lowest BCUT2D eigenvalue weighted by atomic mass is 10.0. The van der Waals surface area contributed by atoms with E-state index in [0.717, 1.165) is 5.92 Å². The molecule has 0 spiro atoms. The molecule has 0 unspecified atom stereocenters. The summed E-state index contributed by atoms with van der Waals surface area (Å²) in [5.74, 6) is 0.749. The van der Waals surface area contributed by atoms with Gasteiger partial charge in [-0.3, -0.25) is 0 Å². The molecule has 23 heavy (non-hydrogen) atoms. The van der Waals surface area contributed by atoms with Crippen LogP contribution < -0.4 is 4.90 Å². The minimum Gasteiger partial charge on any atom is -0.368 e. The van der Waals surface area contributed by atoms with Crippen molar-refractivity contribution < 1.29 is 0 Å². The molecule has 0 saturated heterocycles. The van der Waals surface area contributed by atoms with Crippen molar-refractivity contribution in [2.45, 2.75) is 52.0 Å². The van der Waals surface area contributed by atoms with E-state index in [9.17, 15) is 0 Å². The molecule has 0 radical (unpaired) electrons. The van der Waals surface area contributed by atoms with Crippen molar-refractivity contribution >= 4 is 5.69 Å². The van der Waals surface area contributed by atoms with Crippen LogP contribution in [0.4, 0.5) is 5.69 Å². The average molecular weight is 307 g/mol. The van der Waals surface area contributed by atoms with Crippen molar-refractivity contribution in [1.82, 2.24) is 0 Å². The van der Waals surface area contributed by atoms with Gasteiger partial charge in [0.2, 0.25) is 0 Å². The molecule has 0 amide bonds. The van der Waals surface area contributed by atoms with E-state index in [1.165, 1.54) is 44.3 Å². The predicted molar refractivity (Wildman–Crippen MR) is 100 cm³/mol. The van der Waals surface area contributed by atoms with Gasteiger partial charge in [-0.25, -0.2) is 0 Å². The van der Waals surface area contributed by atoms with Gasteiger partial charge in [0.15, 0.2) is 0 Å². The smallest absolute Gasteiger partial charge is 0.0370 e. The maximum absolute atomic E-state index is 2.67. The van der Waals surface area contributed by atoms with Crippen LogP contribution in [0.15, 0.2) is 54.6 Å². The Morgan fingerprint density at radius 3 is 2.17 bits per heavy atom. The first-order chi connectivity index (χ1) is 11.3. The Bertz CT molecular complexity index is 579. The van der Waals surface area contributed by atoms with E-state index in [2.05, 4.69) is 73.3 Å². The number of fused-ring (bicyclic) bond motifs is 1. The molecule has 0 aromatic heterocycles. The molecule has 0 bridgehead atoms. The molecule has 0 aliphatic heterocycles. The predicted octanol–water partition coefficient (Wildman–Crippen LogP) is 5.49. The third-order valence-electron chi connectivity index (χ3n) is 5.12. The first-order valence-corrected chi connectivity index (χ1v) is 9.16. The summed E-state index contributed by atoms with van der Waals surface area (Å²) < 4.78 is 0. The fraction of sp³-hybridized carbons (Fsp3) is 0.455. The van der Waals surface area contributed by atoms with Gasteiger partial charge in [0, 0.05) is 18.3 Å². The van der Waals surface area contributed by atoms with Crippen LogP contribution in [0.1, 0.15) is 44.2 Å². The van der Waals surface area contributed by atoms with E-state index in [1.54, 1.807) is 11.1 Å². The second kappa shape index (κ2) is 7.68. The Kier molecular flexibility index (Phi) is 5.38. The summed E-state index contributed by atoms with van der Waals surface area (Å²) in [5, 5.41) is 0. The third-order valence-corrected chi connectivity index (χ3v) is 5.12. The molecule has 2 aromatic carbocycles. The van der Waals surface area contributed by atoms with Gasteiger partial charge >= 0.3 is 0 Å². The Balaban J connectivity index is 1.76. The molecule has 122 valence electrons. The first-order valence-electron chi connectivity index (χ1n) is 9.16. The van der Waals surface area contributed by atoms with Gasteiger partial charge < -0.3 is 4.90 Å². The van der Waals surface area contributed by atoms with Gasteiger partial charge in [0.05, 0.1) is 0 Å². The Morgan fingerprint density at radius 2 is 1.57 bits per heavy atom. The number of hydrogen-bond acceptors (Lipinski definition) is 1. The molecule has 1 nitrogen and oxygen atoms in total. The van der Waals surface area contributed by atoms with Crippen LogP contribution in [0, 0.1) is 5.92 Å². The van der Waals surface area contributed by atoms with Crippen molar-refractivity contribution in [2.75, 3.05) is 11.4 Å². The summed E-state index contributed by atoms with van der Waals surface area (Å²) in [6.07, 6.45) is 6.34. The van der Waals surface area contributed by atoms with Gasteiger partial charge in [0.1, 0.15) is 0 Å². The van der Waals surface area contributed by atoms with E-state index in [1.807, 2.05) is 0 Å². The molecule has 3 rings (SSSR count). The van der Waals surface area contributed by atoms with Crippen molar-refractivity contribution in [3.8, 4) is 0 Å². The van der Waals surface area contributed by atoms with Crippen LogP contribution in [0.2, 0.25) is 0 Å². The normalized spacial score (nSPS) is 15.4. The van der Waals surface area contributed by atoms with Crippen LogP contribution >= 0.6 is 0 Å². The highest BCUT2D eigenvalue weighted by Crippen LogP contribution is 2.30.